The summed E-state index contributed by atoms with van der Waals surface area (Å²) in [6.45, 7) is 1.43. The minimum Gasteiger partial charge on any atom is -0.493 e. The summed E-state index contributed by atoms with van der Waals surface area (Å²) in [6.07, 6.45) is 0. The van der Waals surface area contributed by atoms with Gasteiger partial charge in [0.25, 0.3) is 0 Å². The summed E-state index contributed by atoms with van der Waals surface area (Å²) in [5.41, 5.74) is 1.16. The largest absolute Gasteiger partial charge is 0.493 e. The van der Waals surface area contributed by atoms with Gasteiger partial charge < -0.3 is 9.47 Å². The van der Waals surface area contributed by atoms with E-state index in [4.69, 9.17) is 14.3 Å². The second-order valence-corrected chi connectivity index (χ2v) is 4.24. The maximum absolute atomic E-state index is 5.78. The first-order valence-corrected chi connectivity index (χ1v) is 5.46. The highest BCUT2D eigenvalue weighted by Crippen LogP contribution is 2.46. The van der Waals surface area contributed by atoms with Crippen LogP contribution in [0.15, 0.2) is 18.2 Å². The number of para-hydroxylation sites is 1. The van der Waals surface area contributed by atoms with Gasteiger partial charge in [-0.1, -0.05) is 12.1 Å². The van der Waals surface area contributed by atoms with E-state index < -0.39 is 0 Å². The van der Waals surface area contributed by atoms with E-state index in [1.54, 1.807) is 7.11 Å². The lowest BCUT2D eigenvalue weighted by atomic mass is 9.92. The molecule has 2 aliphatic heterocycles. The molecule has 2 heterocycles. The molecule has 2 aliphatic rings. The molecule has 86 valence electrons. The van der Waals surface area contributed by atoms with E-state index in [0.29, 0.717) is 18.6 Å². The molecular weight excluding hydrogens is 206 g/mol. The van der Waals surface area contributed by atoms with Crippen LogP contribution < -0.4 is 9.47 Å². The Bertz CT molecular complexity index is 407. The van der Waals surface area contributed by atoms with E-state index in [2.05, 4.69) is 6.07 Å². The van der Waals surface area contributed by atoms with Gasteiger partial charge in [0.2, 0.25) is 0 Å². The maximum atomic E-state index is 5.78. The molecule has 0 amide bonds. The molecule has 0 bridgehead atoms. The Morgan fingerprint density at radius 2 is 2.25 bits per heavy atom. The third kappa shape index (κ3) is 1.30. The molecule has 4 nitrogen and oxygen atoms in total. The zero-order valence-electron chi connectivity index (χ0n) is 9.47. The molecule has 3 rings (SSSR count). The number of hydroxylamine groups is 2. The van der Waals surface area contributed by atoms with E-state index in [0.717, 1.165) is 23.7 Å². The lowest BCUT2D eigenvalue weighted by Crippen LogP contribution is -2.29. The summed E-state index contributed by atoms with van der Waals surface area (Å²) in [5, 5.41) is 1.92. The Kier molecular flexibility index (Phi) is 2.26. The first-order chi connectivity index (χ1) is 7.81. The Morgan fingerprint density at radius 3 is 3.06 bits per heavy atom. The molecule has 1 aromatic carbocycles. The molecule has 0 aliphatic carbocycles. The first-order valence-electron chi connectivity index (χ1n) is 5.46. The SMILES string of the molecule is COc1cccc2c1OC[C@@H]1CON(C)[C@H]21. The monoisotopic (exact) mass is 221 g/mol. The molecular formula is C12H15NO3. The summed E-state index contributed by atoms with van der Waals surface area (Å²) in [4.78, 5) is 5.54. The van der Waals surface area contributed by atoms with Gasteiger partial charge in [0, 0.05) is 18.5 Å². The van der Waals surface area contributed by atoms with Gasteiger partial charge in [-0.05, 0) is 6.07 Å². The van der Waals surface area contributed by atoms with Crippen molar-refractivity contribution in [3.63, 3.8) is 0 Å². The molecule has 0 spiro atoms. The molecule has 0 N–H and O–H groups in total. The van der Waals surface area contributed by atoms with Crippen LogP contribution >= 0.6 is 0 Å². The zero-order chi connectivity index (χ0) is 11.1. The van der Waals surface area contributed by atoms with E-state index in [9.17, 15) is 0 Å². The molecule has 1 aromatic rings. The van der Waals surface area contributed by atoms with Crippen LogP contribution in [0.3, 0.4) is 0 Å². The summed E-state index contributed by atoms with van der Waals surface area (Å²) < 4.78 is 11.1. The number of benzene rings is 1. The third-order valence-corrected chi connectivity index (χ3v) is 3.32. The lowest BCUT2D eigenvalue weighted by Gasteiger charge is -2.30. The van der Waals surface area contributed by atoms with Crippen molar-refractivity contribution in [3.05, 3.63) is 23.8 Å². The predicted molar refractivity (Wildman–Crippen MR) is 58.4 cm³/mol. The summed E-state index contributed by atoms with van der Waals surface area (Å²) in [5.74, 6) is 2.09. The molecule has 0 aromatic heterocycles. The molecule has 0 radical (unpaired) electrons. The predicted octanol–water partition coefficient (Wildman–Crippen LogP) is 1.62. The number of ether oxygens (including phenoxy) is 2. The Hall–Kier alpha value is -1.26. The Labute approximate surface area is 94.7 Å². The van der Waals surface area contributed by atoms with Crippen LogP contribution in [0.2, 0.25) is 0 Å². The first kappa shape index (κ1) is 9.93. The van der Waals surface area contributed by atoms with E-state index >= 15 is 0 Å². The van der Waals surface area contributed by atoms with Crippen molar-refractivity contribution in [1.29, 1.82) is 0 Å². The fourth-order valence-corrected chi connectivity index (χ4v) is 2.54. The normalized spacial score (nSPS) is 28.1. The standard InChI is InChI=1S/C12H15NO3/c1-13-11-8(7-16-13)6-15-12-9(11)4-3-5-10(12)14-2/h3-5,8,11H,6-7H2,1-2H3/t8-,11+/m1/s1. The molecule has 0 unspecified atom stereocenters. The second kappa shape index (κ2) is 3.64. The average molecular weight is 221 g/mol. The lowest BCUT2D eigenvalue weighted by molar-refractivity contribution is -0.111. The topological polar surface area (TPSA) is 30.9 Å². The number of methoxy groups -OCH3 is 1. The van der Waals surface area contributed by atoms with Gasteiger partial charge in [-0.2, -0.15) is 5.06 Å². The average Bonchev–Trinajstić information content (AvgIpc) is 2.70. The van der Waals surface area contributed by atoms with Gasteiger partial charge >= 0.3 is 0 Å². The van der Waals surface area contributed by atoms with Crippen molar-refractivity contribution >= 4 is 0 Å². The van der Waals surface area contributed by atoms with Gasteiger partial charge in [-0.3, -0.25) is 4.84 Å². The fraction of sp³-hybridized carbons (Fsp3) is 0.500. The maximum Gasteiger partial charge on any atom is 0.166 e. The molecule has 16 heavy (non-hydrogen) atoms. The van der Waals surface area contributed by atoms with Gasteiger partial charge in [0.1, 0.15) is 0 Å². The van der Waals surface area contributed by atoms with Gasteiger partial charge in [0.15, 0.2) is 11.5 Å². The number of rotatable bonds is 1. The number of nitrogens with zero attached hydrogens (tertiary/aromatic N) is 1. The Balaban J connectivity index is 2.08. The van der Waals surface area contributed by atoms with Crippen molar-refractivity contribution in [2.75, 3.05) is 27.4 Å². The van der Waals surface area contributed by atoms with E-state index in [-0.39, 0.29) is 0 Å². The van der Waals surface area contributed by atoms with Crippen molar-refractivity contribution in [2.45, 2.75) is 6.04 Å². The van der Waals surface area contributed by atoms with Crippen molar-refractivity contribution in [2.24, 2.45) is 5.92 Å². The van der Waals surface area contributed by atoms with E-state index in [1.807, 2.05) is 24.2 Å². The van der Waals surface area contributed by atoms with Crippen molar-refractivity contribution in [1.82, 2.24) is 5.06 Å². The number of hydrogen-bond acceptors (Lipinski definition) is 4. The fourth-order valence-electron chi connectivity index (χ4n) is 2.54. The van der Waals surface area contributed by atoms with Gasteiger partial charge in [-0.15, -0.1) is 0 Å². The van der Waals surface area contributed by atoms with Crippen LogP contribution in [0.5, 0.6) is 11.5 Å². The van der Waals surface area contributed by atoms with Gasteiger partial charge in [0.05, 0.1) is 26.4 Å². The van der Waals surface area contributed by atoms with Crippen molar-refractivity contribution < 1.29 is 14.3 Å². The molecule has 1 fully saturated rings. The van der Waals surface area contributed by atoms with Crippen LogP contribution in [0, 0.1) is 5.92 Å². The summed E-state index contributed by atoms with van der Waals surface area (Å²) >= 11 is 0. The highest BCUT2D eigenvalue weighted by Gasteiger charge is 2.40. The minimum absolute atomic E-state index is 0.291. The van der Waals surface area contributed by atoms with Crippen LogP contribution in [-0.2, 0) is 4.84 Å². The van der Waals surface area contributed by atoms with Crippen LogP contribution in [0.1, 0.15) is 11.6 Å². The van der Waals surface area contributed by atoms with Gasteiger partial charge in [-0.25, -0.2) is 0 Å². The summed E-state index contributed by atoms with van der Waals surface area (Å²) in [6, 6.07) is 6.29. The molecule has 2 atom stereocenters. The highest BCUT2D eigenvalue weighted by atomic mass is 16.7. The Morgan fingerprint density at radius 1 is 1.38 bits per heavy atom. The molecule has 4 heteroatoms. The number of hydrogen-bond donors (Lipinski definition) is 0. The highest BCUT2D eigenvalue weighted by molar-refractivity contribution is 5.49. The second-order valence-electron chi connectivity index (χ2n) is 4.24. The zero-order valence-corrected chi connectivity index (χ0v) is 9.47. The minimum atomic E-state index is 0.291. The molecule has 1 saturated heterocycles. The summed E-state index contributed by atoms with van der Waals surface area (Å²) in [7, 11) is 3.64. The van der Waals surface area contributed by atoms with Crippen LogP contribution in [0.25, 0.3) is 0 Å². The van der Waals surface area contributed by atoms with Crippen molar-refractivity contribution in [3.8, 4) is 11.5 Å². The van der Waals surface area contributed by atoms with Crippen LogP contribution in [-0.4, -0.2) is 32.4 Å². The van der Waals surface area contributed by atoms with E-state index in [1.165, 1.54) is 0 Å². The van der Waals surface area contributed by atoms with Crippen LogP contribution in [0.4, 0.5) is 0 Å². The smallest absolute Gasteiger partial charge is 0.166 e. The quantitative estimate of drug-likeness (QED) is 0.721. The third-order valence-electron chi connectivity index (χ3n) is 3.32. The molecule has 0 saturated carbocycles. The number of fused-ring (bicyclic) bond motifs is 3.